The van der Waals surface area contributed by atoms with E-state index >= 15 is 0 Å². The van der Waals surface area contributed by atoms with Crippen LogP contribution in [0.4, 0.5) is 11.4 Å². The van der Waals surface area contributed by atoms with E-state index in [4.69, 9.17) is 18.9 Å². The van der Waals surface area contributed by atoms with Crippen molar-refractivity contribution in [3.63, 3.8) is 0 Å². The lowest BCUT2D eigenvalue weighted by Gasteiger charge is -2.45. The molecule has 54 heavy (non-hydrogen) atoms. The molecule has 8 heterocycles. The molecule has 0 N–H and O–H groups in total. The number of anilines is 2. The third-order valence-electron chi connectivity index (χ3n) is 13.5. The number of carbonyl (C=O) groups is 2. The smallest absolute Gasteiger partial charge is 0.340 e. The lowest BCUT2D eigenvalue weighted by molar-refractivity contribution is 0.0206. The summed E-state index contributed by atoms with van der Waals surface area (Å²) < 4.78 is 27.9. The Bertz CT molecular complexity index is 2430. The predicted octanol–water partition coefficient (Wildman–Crippen LogP) is 8.22. The molecule has 0 saturated carbocycles. The second-order valence-electron chi connectivity index (χ2n) is 16.1. The number of carbonyl (C=O) groups excluding carboxylic acids is 2. The van der Waals surface area contributed by atoms with Crippen LogP contribution >= 0.6 is 0 Å². The van der Waals surface area contributed by atoms with Gasteiger partial charge in [-0.25, -0.2) is 9.59 Å². The van der Waals surface area contributed by atoms with Gasteiger partial charge in [0.1, 0.15) is 23.0 Å². The zero-order valence-corrected chi connectivity index (χ0v) is 29.8. The van der Waals surface area contributed by atoms with Crippen LogP contribution in [0.3, 0.4) is 0 Å². The molecule has 0 radical (unpaired) electrons. The van der Waals surface area contributed by atoms with Gasteiger partial charge in [0.2, 0.25) is 0 Å². The average Bonchev–Trinajstić information content (AvgIpc) is 3.67. The van der Waals surface area contributed by atoms with Crippen LogP contribution in [0, 0.1) is 0 Å². The second kappa shape index (κ2) is 10.1. The first-order chi connectivity index (χ1) is 26.5. The molecule has 8 aliphatic heterocycles. The number of hydrogen-bond donors (Lipinski definition) is 0. The van der Waals surface area contributed by atoms with Crippen molar-refractivity contribution < 1.29 is 28.5 Å². The lowest BCUT2D eigenvalue weighted by Crippen LogP contribution is -2.40. The topological polar surface area (TPSA) is 77.5 Å². The SMILES string of the molecule is O=C1O[C@]2(c3cc4c(cc3Oc3c2cc2c5c3CCCN5CCC2)Oc2c(cc3c5c2CCCN5CCC3)[C@]42OC(=O)c3ccccc32)c2ccccc21. The normalized spacial score (nSPS) is 24.1. The van der Waals surface area contributed by atoms with Gasteiger partial charge >= 0.3 is 11.9 Å². The Balaban J connectivity index is 1.13. The van der Waals surface area contributed by atoms with Crippen molar-refractivity contribution in [2.75, 3.05) is 36.0 Å². The summed E-state index contributed by atoms with van der Waals surface area (Å²) in [7, 11) is 0. The van der Waals surface area contributed by atoms with Crippen LogP contribution in [0.5, 0.6) is 23.0 Å². The number of esters is 2. The van der Waals surface area contributed by atoms with Crippen molar-refractivity contribution in [1.82, 2.24) is 0 Å². The van der Waals surface area contributed by atoms with Gasteiger partial charge in [-0.1, -0.05) is 36.4 Å². The minimum absolute atomic E-state index is 0.362. The largest absolute Gasteiger partial charge is 0.456 e. The fourth-order valence-electron chi connectivity index (χ4n) is 11.4. The van der Waals surface area contributed by atoms with E-state index in [1.807, 2.05) is 54.6 Å². The average molecular weight is 713 g/mol. The van der Waals surface area contributed by atoms with Crippen LogP contribution in [-0.2, 0) is 46.4 Å². The first kappa shape index (κ1) is 29.7. The summed E-state index contributed by atoms with van der Waals surface area (Å²) in [5.41, 5.74) is 10.8. The maximum atomic E-state index is 14.0. The number of rotatable bonds is 0. The number of hydrogen-bond acceptors (Lipinski definition) is 8. The molecule has 8 heteroatoms. The van der Waals surface area contributed by atoms with Gasteiger partial charge in [0, 0.05) is 88.1 Å². The minimum atomic E-state index is -1.27. The molecule has 0 fully saturated rings. The van der Waals surface area contributed by atoms with E-state index in [1.54, 1.807) is 0 Å². The molecule has 13 rings (SSSR count). The highest BCUT2D eigenvalue weighted by atomic mass is 16.6. The highest BCUT2D eigenvalue weighted by Crippen LogP contribution is 2.64. The molecule has 2 atom stereocenters. The fourth-order valence-corrected chi connectivity index (χ4v) is 11.4. The fraction of sp³-hybridized carbons (Fsp3) is 0.304. The van der Waals surface area contributed by atoms with Gasteiger partial charge in [-0.05, 0) is 92.8 Å². The minimum Gasteiger partial charge on any atom is -0.456 e. The Hall–Kier alpha value is -5.76. The van der Waals surface area contributed by atoms with Crippen molar-refractivity contribution in [2.45, 2.75) is 62.6 Å². The van der Waals surface area contributed by atoms with E-state index < -0.39 is 11.2 Å². The van der Waals surface area contributed by atoms with E-state index in [0.717, 1.165) is 111 Å². The van der Waals surface area contributed by atoms with Crippen LogP contribution in [0.15, 0.2) is 72.8 Å². The van der Waals surface area contributed by atoms with E-state index in [1.165, 1.54) is 33.6 Å². The number of benzene rings is 5. The van der Waals surface area contributed by atoms with Gasteiger partial charge in [0.15, 0.2) is 11.2 Å². The maximum Gasteiger partial charge on any atom is 0.340 e. The quantitative estimate of drug-likeness (QED) is 0.149. The van der Waals surface area contributed by atoms with Crippen LogP contribution in [0.25, 0.3) is 0 Å². The summed E-state index contributed by atoms with van der Waals surface area (Å²) in [6, 6.07) is 24.0. The summed E-state index contributed by atoms with van der Waals surface area (Å²) >= 11 is 0. The zero-order chi connectivity index (χ0) is 35.5. The summed E-state index contributed by atoms with van der Waals surface area (Å²) in [5.74, 6) is 2.00. The Morgan fingerprint density at radius 1 is 0.481 bits per heavy atom. The summed E-state index contributed by atoms with van der Waals surface area (Å²) in [6.45, 7) is 4.13. The van der Waals surface area contributed by atoms with Crippen molar-refractivity contribution in [3.8, 4) is 23.0 Å². The van der Waals surface area contributed by atoms with E-state index in [2.05, 4.69) is 28.0 Å². The summed E-state index contributed by atoms with van der Waals surface area (Å²) in [5, 5.41) is 0. The molecule has 0 aliphatic carbocycles. The molecule has 0 aromatic heterocycles. The highest BCUT2D eigenvalue weighted by molar-refractivity contribution is 5.99. The summed E-state index contributed by atoms with van der Waals surface area (Å²) in [6.07, 6.45) is 7.91. The molecule has 0 bridgehead atoms. The van der Waals surface area contributed by atoms with Crippen LogP contribution < -0.4 is 19.3 Å². The molecular formula is C46H36N2O6. The monoisotopic (exact) mass is 712 g/mol. The Morgan fingerprint density at radius 3 is 1.41 bits per heavy atom. The standard InChI is InChI=1S/C46H36N2O6/c49-43-27-11-1-3-15-31(27)45(53-43)33-23-34-38(24-37(33)51-41-29-13-7-19-47-17-5-9-25(39(29)47)21-35(41)45)52-42-30-14-8-20-48-18-6-10-26(40(30)48)22-36(42)46(34)32-16-4-2-12-28(32)44(50)54-46/h1-4,11-12,15-16,21-24H,5-10,13-14,17-20H2/t45-,46+. The number of aryl methyl sites for hydroxylation is 2. The molecule has 0 unspecified atom stereocenters. The lowest BCUT2D eigenvalue weighted by atomic mass is 9.71. The Kier molecular flexibility index (Phi) is 5.52. The highest BCUT2D eigenvalue weighted by Gasteiger charge is 2.59. The maximum absolute atomic E-state index is 14.0. The summed E-state index contributed by atoms with van der Waals surface area (Å²) in [4.78, 5) is 33.1. The Morgan fingerprint density at radius 2 is 0.926 bits per heavy atom. The molecule has 5 aromatic carbocycles. The second-order valence-corrected chi connectivity index (χ2v) is 16.1. The molecule has 8 nitrogen and oxygen atoms in total. The van der Waals surface area contributed by atoms with E-state index in [9.17, 15) is 9.59 Å². The molecule has 0 amide bonds. The molecular weight excluding hydrogens is 677 g/mol. The number of nitrogens with zero attached hydrogens (tertiary/aromatic N) is 2. The first-order valence-electron chi connectivity index (χ1n) is 19.6. The van der Waals surface area contributed by atoms with E-state index in [0.29, 0.717) is 33.8 Å². The predicted molar refractivity (Wildman–Crippen MR) is 201 cm³/mol. The van der Waals surface area contributed by atoms with Gasteiger partial charge in [-0.3, -0.25) is 0 Å². The zero-order valence-electron chi connectivity index (χ0n) is 29.8. The first-order valence-corrected chi connectivity index (χ1v) is 19.6. The molecule has 0 saturated heterocycles. The van der Waals surface area contributed by atoms with Crippen LogP contribution in [0.2, 0.25) is 0 Å². The third kappa shape index (κ3) is 3.42. The van der Waals surface area contributed by atoms with Gasteiger partial charge in [0.05, 0.1) is 11.1 Å². The van der Waals surface area contributed by atoms with Crippen molar-refractivity contribution in [1.29, 1.82) is 0 Å². The van der Waals surface area contributed by atoms with Gasteiger partial charge < -0.3 is 28.7 Å². The van der Waals surface area contributed by atoms with Crippen molar-refractivity contribution >= 4 is 23.3 Å². The third-order valence-corrected chi connectivity index (χ3v) is 13.5. The number of fused-ring (bicyclic) bond motifs is 14. The molecule has 8 aliphatic rings. The number of ether oxygens (including phenoxy) is 4. The van der Waals surface area contributed by atoms with E-state index in [-0.39, 0.29) is 11.9 Å². The van der Waals surface area contributed by atoms with Gasteiger partial charge in [-0.2, -0.15) is 0 Å². The molecule has 5 aromatic rings. The van der Waals surface area contributed by atoms with Gasteiger partial charge in [-0.15, -0.1) is 0 Å². The van der Waals surface area contributed by atoms with Crippen LogP contribution in [-0.4, -0.2) is 38.1 Å². The van der Waals surface area contributed by atoms with Crippen molar-refractivity contribution in [2.24, 2.45) is 0 Å². The molecule has 2 spiro atoms. The Labute approximate surface area is 312 Å². The van der Waals surface area contributed by atoms with Crippen LogP contribution in [0.1, 0.15) is 102 Å². The van der Waals surface area contributed by atoms with Crippen molar-refractivity contribution in [3.05, 3.63) is 140 Å². The van der Waals surface area contributed by atoms with Gasteiger partial charge in [0.25, 0.3) is 0 Å². The molecule has 266 valence electrons.